The zero-order valence-electron chi connectivity index (χ0n) is 12.8. The van der Waals surface area contributed by atoms with Gasteiger partial charge >= 0.3 is 5.97 Å². The molecule has 0 aromatic heterocycles. The van der Waals surface area contributed by atoms with Crippen molar-refractivity contribution in [3.05, 3.63) is 29.1 Å². The zero-order valence-corrected chi connectivity index (χ0v) is 13.6. The minimum atomic E-state index is -4.02. The van der Waals surface area contributed by atoms with E-state index in [0.717, 1.165) is 4.31 Å². The van der Waals surface area contributed by atoms with E-state index in [0.29, 0.717) is 11.1 Å². The number of hydrogen-bond acceptors (Lipinski definition) is 4. The van der Waals surface area contributed by atoms with E-state index >= 15 is 0 Å². The molecule has 1 N–H and O–H groups in total. The van der Waals surface area contributed by atoms with Gasteiger partial charge in [0, 0.05) is 19.0 Å². The van der Waals surface area contributed by atoms with Crippen molar-refractivity contribution >= 4 is 16.0 Å². The molecule has 0 unspecified atom stereocenters. The molecule has 126 valence electrons. The molecule has 2 saturated heterocycles. The Labute approximate surface area is 133 Å². The highest BCUT2D eigenvalue weighted by molar-refractivity contribution is 7.89. The van der Waals surface area contributed by atoms with E-state index in [-0.39, 0.29) is 24.6 Å². The lowest BCUT2D eigenvalue weighted by atomic mass is 9.94. The predicted molar refractivity (Wildman–Crippen MR) is 79.0 cm³/mol. The molecular formula is C15H18FNO5S. The number of carbonyl (C=O) groups is 1. The molecule has 0 amide bonds. The molecule has 0 radical (unpaired) electrons. The molecule has 23 heavy (non-hydrogen) atoms. The Kier molecular flexibility index (Phi) is 3.94. The van der Waals surface area contributed by atoms with Gasteiger partial charge in [-0.3, -0.25) is 4.79 Å². The Hall–Kier alpha value is -1.51. The van der Waals surface area contributed by atoms with Crippen LogP contribution >= 0.6 is 0 Å². The molecule has 0 spiro atoms. The lowest BCUT2D eigenvalue weighted by Gasteiger charge is -2.20. The Balaban J connectivity index is 1.93. The number of aliphatic carboxylic acids is 1. The van der Waals surface area contributed by atoms with Crippen molar-refractivity contribution in [1.29, 1.82) is 0 Å². The smallest absolute Gasteiger partial charge is 0.309 e. The lowest BCUT2D eigenvalue weighted by Crippen LogP contribution is -2.33. The van der Waals surface area contributed by atoms with Crippen LogP contribution in [0.4, 0.5) is 4.39 Å². The van der Waals surface area contributed by atoms with Crippen LogP contribution in [0.1, 0.15) is 11.1 Å². The molecule has 2 heterocycles. The van der Waals surface area contributed by atoms with Crippen LogP contribution in [0, 0.1) is 31.5 Å². The normalized spacial score (nSPS) is 28.0. The maximum Gasteiger partial charge on any atom is 0.309 e. The number of hydrogen-bond donors (Lipinski definition) is 1. The van der Waals surface area contributed by atoms with E-state index in [9.17, 15) is 22.7 Å². The van der Waals surface area contributed by atoms with Crippen molar-refractivity contribution in [3.8, 4) is 0 Å². The third-order valence-electron chi connectivity index (χ3n) is 4.57. The van der Waals surface area contributed by atoms with Crippen molar-refractivity contribution < 1.29 is 27.4 Å². The third-order valence-corrected chi connectivity index (χ3v) is 6.58. The monoisotopic (exact) mass is 343 g/mol. The summed E-state index contributed by atoms with van der Waals surface area (Å²) in [5, 5.41) is 9.18. The minimum Gasteiger partial charge on any atom is -0.481 e. The summed E-state index contributed by atoms with van der Waals surface area (Å²) < 4.78 is 46.3. The zero-order chi connectivity index (χ0) is 16.9. The number of fused-ring (bicyclic) bond motifs is 1. The maximum absolute atomic E-state index is 14.2. The van der Waals surface area contributed by atoms with Crippen molar-refractivity contribution in [1.82, 2.24) is 4.31 Å². The van der Waals surface area contributed by atoms with Gasteiger partial charge in [-0.15, -0.1) is 0 Å². The average Bonchev–Trinajstić information content (AvgIpc) is 2.95. The summed E-state index contributed by atoms with van der Waals surface area (Å²) in [5.74, 6) is -2.88. The summed E-state index contributed by atoms with van der Waals surface area (Å²) in [6.07, 6.45) is -0.445. The van der Waals surface area contributed by atoms with Crippen LogP contribution in [-0.2, 0) is 19.6 Å². The topological polar surface area (TPSA) is 83.9 Å². The standard InChI is InChI=1S/C15H18FNO5S/c1-8-3-9(2)14(12(16)4-8)23(20,21)17-5-10-11(15(18)19)7-22-13(10)6-17/h3-4,10-11,13H,5-7H2,1-2H3,(H,18,19)/t10-,11-,13-/m0/s1. The second-order valence-corrected chi connectivity index (χ2v) is 8.07. The van der Waals surface area contributed by atoms with E-state index < -0.39 is 39.7 Å². The van der Waals surface area contributed by atoms with Gasteiger partial charge in [0.25, 0.3) is 0 Å². The van der Waals surface area contributed by atoms with E-state index in [2.05, 4.69) is 0 Å². The van der Waals surface area contributed by atoms with Crippen LogP contribution in [-0.4, -0.2) is 49.6 Å². The Morgan fingerprint density at radius 1 is 1.35 bits per heavy atom. The minimum absolute atomic E-state index is 0.0384. The first kappa shape index (κ1) is 16.4. The summed E-state index contributed by atoms with van der Waals surface area (Å²) in [4.78, 5) is 10.9. The van der Waals surface area contributed by atoms with Gasteiger partial charge in [-0.25, -0.2) is 12.8 Å². The van der Waals surface area contributed by atoms with Gasteiger partial charge < -0.3 is 9.84 Å². The Morgan fingerprint density at radius 3 is 2.65 bits per heavy atom. The van der Waals surface area contributed by atoms with E-state index in [1.54, 1.807) is 19.9 Å². The molecule has 0 saturated carbocycles. The van der Waals surface area contributed by atoms with Crippen LogP contribution in [0.15, 0.2) is 17.0 Å². The summed E-state index contributed by atoms with van der Waals surface area (Å²) in [7, 11) is -4.02. The van der Waals surface area contributed by atoms with Gasteiger partial charge in [0.2, 0.25) is 10.0 Å². The molecule has 2 aliphatic rings. The number of rotatable bonds is 3. The average molecular weight is 343 g/mol. The highest BCUT2D eigenvalue weighted by atomic mass is 32.2. The number of sulfonamides is 1. The first-order chi connectivity index (χ1) is 10.7. The van der Waals surface area contributed by atoms with Crippen LogP contribution in [0.25, 0.3) is 0 Å². The van der Waals surface area contributed by atoms with E-state index in [4.69, 9.17) is 4.74 Å². The number of ether oxygens (including phenoxy) is 1. The highest BCUT2D eigenvalue weighted by Crippen LogP contribution is 2.37. The number of aryl methyl sites for hydroxylation is 2. The van der Waals surface area contributed by atoms with Crippen LogP contribution in [0.2, 0.25) is 0 Å². The summed E-state index contributed by atoms with van der Waals surface area (Å²) >= 11 is 0. The van der Waals surface area contributed by atoms with Gasteiger partial charge in [-0.2, -0.15) is 4.31 Å². The van der Waals surface area contributed by atoms with Crippen molar-refractivity contribution in [2.45, 2.75) is 24.8 Å². The molecule has 2 fully saturated rings. The quantitative estimate of drug-likeness (QED) is 0.890. The summed E-state index contributed by atoms with van der Waals surface area (Å²) in [5.41, 5.74) is 0.988. The SMILES string of the molecule is Cc1cc(C)c(S(=O)(=O)N2C[C@@H]3[C@H](C2)OC[C@@H]3C(=O)O)c(F)c1. The molecule has 3 rings (SSSR count). The molecule has 8 heteroatoms. The molecular weight excluding hydrogens is 325 g/mol. The Morgan fingerprint density at radius 2 is 2.04 bits per heavy atom. The van der Waals surface area contributed by atoms with Crippen LogP contribution in [0.3, 0.4) is 0 Å². The van der Waals surface area contributed by atoms with Gasteiger partial charge in [0.1, 0.15) is 10.7 Å². The van der Waals surface area contributed by atoms with Gasteiger partial charge in [-0.1, -0.05) is 6.07 Å². The number of carboxylic acid groups (broad SMARTS) is 1. The fourth-order valence-corrected chi connectivity index (χ4v) is 5.23. The van der Waals surface area contributed by atoms with Gasteiger partial charge in [0.05, 0.1) is 18.6 Å². The Bertz CT molecular complexity index is 740. The van der Waals surface area contributed by atoms with Crippen molar-refractivity contribution in [2.75, 3.05) is 19.7 Å². The van der Waals surface area contributed by atoms with E-state index in [1.165, 1.54) is 6.07 Å². The third kappa shape index (κ3) is 2.64. The van der Waals surface area contributed by atoms with Crippen LogP contribution in [0.5, 0.6) is 0 Å². The molecule has 6 nitrogen and oxygen atoms in total. The largest absolute Gasteiger partial charge is 0.481 e. The predicted octanol–water partition coefficient (Wildman–Crippen LogP) is 1.16. The molecule has 3 atom stereocenters. The van der Waals surface area contributed by atoms with Crippen molar-refractivity contribution in [3.63, 3.8) is 0 Å². The van der Waals surface area contributed by atoms with E-state index in [1.807, 2.05) is 0 Å². The second-order valence-electron chi connectivity index (χ2n) is 6.20. The molecule has 0 aliphatic carbocycles. The first-order valence-electron chi connectivity index (χ1n) is 7.33. The maximum atomic E-state index is 14.2. The van der Waals surface area contributed by atoms with Gasteiger partial charge in [-0.05, 0) is 31.0 Å². The summed E-state index contributed by atoms with van der Waals surface area (Å²) in [6.45, 7) is 3.44. The van der Waals surface area contributed by atoms with Gasteiger partial charge in [0.15, 0.2) is 0 Å². The van der Waals surface area contributed by atoms with Crippen LogP contribution < -0.4 is 0 Å². The van der Waals surface area contributed by atoms with Crippen molar-refractivity contribution in [2.24, 2.45) is 11.8 Å². The first-order valence-corrected chi connectivity index (χ1v) is 8.77. The highest BCUT2D eigenvalue weighted by Gasteiger charge is 2.50. The fraction of sp³-hybridized carbons (Fsp3) is 0.533. The number of nitrogens with zero attached hydrogens (tertiary/aromatic N) is 1. The summed E-state index contributed by atoms with van der Waals surface area (Å²) in [6, 6.07) is 2.80. The second kappa shape index (κ2) is 5.54. The molecule has 2 aliphatic heterocycles. The molecule has 1 aromatic rings. The number of carboxylic acids is 1. The number of benzene rings is 1. The molecule has 0 bridgehead atoms. The number of halogens is 1. The lowest BCUT2D eigenvalue weighted by molar-refractivity contribution is -0.142. The fourth-order valence-electron chi connectivity index (χ4n) is 3.49. The molecule has 1 aromatic carbocycles.